The maximum atomic E-state index is 12.4. The molecule has 2 heterocycles. The van der Waals surface area contributed by atoms with Crippen LogP contribution in [0.1, 0.15) is 10.5 Å². The molecular weight excluding hydrogens is 334 g/mol. The molecule has 1 aromatic carbocycles. The number of anilines is 1. The number of hydrogen-bond donors (Lipinski definition) is 2. The van der Waals surface area contributed by atoms with E-state index in [1.54, 1.807) is 31.1 Å². The first-order valence-electron chi connectivity index (χ1n) is 8.24. The van der Waals surface area contributed by atoms with Gasteiger partial charge in [-0.25, -0.2) is 0 Å². The van der Waals surface area contributed by atoms with Gasteiger partial charge in [0, 0.05) is 32.2 Å². The summed E-state index contributed by atoms with van der Waals surface area (Å²) >= 11 is 0. The van der Waals surface area contributed by atoms with Crippen LogP contribution in [-0.2, 0) is 22.6 Å². The number of nitrogens with zero attached hydrogens (tertiary/aromatic N) is 3. The third kappa shape index (κ3) is 3.92. The molecule has 2 aromatic heterocycles. The lowest BCUT2D eigenvalue weighted by Crippen LogP contribution is -2.23. The number of rotatable bonds is 7. The minimum atomic E-state index is -0.287. The standard InChI is InChI=1S/C18H21N5O3/c1-19-17(24)12-22-7-5-13-3-4-14(11-16(13)22)20-18(25)15-6-8-23(21-15)9-10-26-2/h3-8,11H,9-10,12H2,1-2H3,(H,19,24)(H,20,25). The number of aromatic nitrogens is 3. The van der Waals surface area contributed by atoms with E-state index in [0.29, 0.717) is 24.5 Å². The molecule has 0 atom stereocenters. The molecule has 136 valence electrons. The molecule has 3 aromatic rings. The molecule has 0 aliphatic rings. The fourth-order valence-corrected chi connectivity index (χ4v) is 2.62. The van der Waals surface area contributed by atoms with Crippen molar-refractivity contribution in [3.8, 4) is 0 Å². The summed E-state index contributed by atoms with van der Waals surface area (Å²) in [5.74, 6) is -0.372. The summed E-state index contributed by atoms with van der Waals surface area (Å²) in [6.45, 7) is 1.34. The van der Waals surface area contributed by atoms with E-state index >= 15 is 0 Å². The van der Waals surface area contributed by atoms with Crippen LogP contribution in [0.3, 0.4) is 0 Å². The molecule has 3 rings (SSSR count). The fraction of sp³-hybridized carbons (Fsp3) is 0.278. The van der Waals surface area contributed by atoms with Crippen LogP contribution in [0.15, 0.2) is 42.7 Å². The molecule has 0 fully saturated rings. The number of carbonyl (C=O) groups excluding carboxylic acids is 2. The lowest BCUT2D eigenvalue weighted by atomic mass is 10.2. The Balaban J connectivity index is 1.75. The normalized spacial score (nSPS) is 10.8. The predicted molar refractivity (Wildman–Crippen MR) is 98.1 cm³/mol. The average molecular weight is 355 g/mol. The zero-order chi connectivity index (χ0) is 18.5. The fourth-order valence-electron chi connectivity index (χ4n) is 2.62. The van der Waals surface area contributed by atoms with Gasteiger partial charge in [-0.2, -0.15) is 5.10 Å². The maximum absolute atomic E-state index is 12.4. The molecule has 0 bridgehead atoms. The smallest absolute Gasteiger partial charge is 0.276 e. The highest BCUT2D eigenvalue weighted by atomic mass is 16.5. The highest BCUT2D eigenvalue weighted by Gasteiger charge is 2.11. The zero-order valence-corrected chi connectivity index (χ0v) is 14.7. The third-order valence-corrected chi connectivity index (χ3v) is 4.02. The van der Waals surface area contributed by atoms with E-state index in [0.717, 1.165) is 10.9 Å². The highest BCUT2D eigenvalue weighted by Crippen LogP contribution is 2.21. The van der Waals surface area contributed by atoms with Gasteiger partial charge < -0.3 is 19.9 Å². The highest BCUT2D eigenvalue weighted by molar-refractivity contribution is 6.03. The second-order valence-corrected chi connectivity index (χ2v) is 5.80. The minimum Gasteiger partial charge on any atom is -0.383 e. The van der Waals surface area contributed by atoms with Gasteiger partial charge in [0.2, 0.25) is 5.91 Å². The number of nitrogens with one attached hydrogen (secondary N) is 2. The quantitative estimate of drug-likeness (QED) is 0.672. The number of likely N-dealkylation sites (N-methyl/N-ethyl adjacent to an activating group) is 1. The Labute approximate surface area is 150 Å². The van der Waals surface area contributed by atoms with Crippen molar-refractivity contribution in [3.63, 3.8) is 0 Å². The predicted octanol–water partition coefficient (Wildman–Crippen LogP) is 1.48. The van der Waals surface area contributed by atoms with Gasteiger partial charge in [0.15, 0.2) is 5.69 Å². The van der Waals surface area contributed by atoms with Crippen molar-refractivity contribution >= 4 is 28.4 Å². The zero-order valence-electron chi connectivity index (χ0n) is 14.7. The monoisotopic (exact) mass is 355 g/mol. The number of carbonyl (C=O) groups is 2. The van der Waals surface area contributed by atoms with Crippen LogP contribution < -0.4 is 10.6 Å². The van der Waals surface area contributed by atoms with E-state index in [9.17, 15) is 9.59 Å². The molecular formula is C18H21N5O3. The van der Waals surface area contributed by atoms with Gasteiger partial charge in [-0.05, 0) is 29.7 Å². The number of hydrogen-bond acceptors (Lipinski definition) is 4. The largest absolute Gasteiger partial charge is 0.383 e. The van der Waals surface area contributed by atoms with Crippen molar-refractivity contribution in [1.29, 1.82) is 0 Å². The SMILES string of the molecule is CNC(=O)Cn1ccc2ccc(NC(=O)c3ccn(CCOC)n3)cc21. The van der Waals surface area contributed by atoms with Crippen LogP contribution in [0, 0.1) is 0 Å². The van der Waals surface area contributed by atoms with Gasteiger partial charge >= 0.3 is 0 Å². The topological polar surface area (TPSA) is 90.2 Å². The molecule has 0 saturated carbocycles. The van der Waals surface area contributed by atoms with Gasteiger partial charge in [-0.1, -0.05) is 6.07 Å². The van der Waals surface area contributed by atoms with E-state index in [2.05, 4.69) is 15.7 Å². The van der Waals surface area contributed by atoms with Crippen LogP contribution in [0.2, 0.25) is 0 Å². The first-order chi connectivity index (χ1) is 12.6. The molecule has 0 radical (unpaired) electrons. The number of amides is 2. The van der Waals surface area contributed by atoms with Crippen molar-refractivity contribution in [2.45, 2.75) is 13.1 Å². The second-order valence-electron chi connectivity index (χ2n) is 5.80. The Morgan fingerprint density at radius 3 is 2.81 bits per heavy atom. The molecule has 8 nitrogen and oxygen atoms in total. The summed E-state index contributed by atoms with van der Waals surface area (Å²) in [5, 5.41) is 10.7. The van der Waals surface area contributed by atoms with E-state index in [-0.39, 0.29) is 18.4 Å². The van der Waals surface area contributed by atoms with Crippen molar-refractivity contribution in [1.82, 2.24) is 19.7 Å². The van der Waals surface area contributed by atoms with Gasteiger partial charge in [-0.15, -0.1) is 0 Å². The Bertz CT molecular complexity index is 928. The second kappa shape index (κ2) is 7.83. The lowest BCUT2D eigenvalue weighted by molar-refractivity contribution is -0.121. The van der Waals surface area contributed by atoms with Crippen molar-refractivity contribution in [3.05, 3.63) is 48.4 Å². The minimum absolute atomic E-state index is 0.0847. The van der Waals surface area contributed by atoms with E-state index in [1.807, 2.05) is 35.0 Å². The summed E-state index contributed by atoms with van der Waals surface area (Å²) in [4.78, 5) is 24.0. The van der Waals surface area contributed by atoms with E-state index in [4.69, 9.17) is 4.74 Å². The Hall–Kier alpha value is -3.13. The van der Waals surface area contributed by atoms with E-state index < -0.39 is 0 Å². The van der Waals surface area contributed by atoms with Crippen molar-refractivity contribution in [2.75, 3.05) is 26.1 Å². The summed E-state index contributed by atoms with van der Waals surface area (Å²) in [7, 11) is 3.22. The Morgan fingerprint density at radius 1 is 1.19 bits per heavy atom. The molecule has 0 aliphatic heterocycles. The average Bonchev–Trinajstić information content (AvgIpc) is 3.27. The van der Waals surface area contributed by atoms with Crippen LogP contribution in [-0.4, -0.2) is 46.9 Å². The molecule has 26 heavy (non-hydrogen) atoms. The van der Waals surface area contributed by atoms with Crippen molar-refractivity contribution < 1.29 is 14.3 Å². The number of fused-ring (bicyclic) bond motifs is 1. The molecule has 2 N–H and O–H groups in total. The van der Waals surface area contributed by atoms with Gasteiger partial charge in [0.05, 0.1) is 18.7 Å². The van der Waals surface area contributed by atoms with Gasteiger partial charge in [-0.3, -0.25) is 14.3 Å². The summed E-state index contributed by atoms with van der Waals surface area (Å²) in [6, 6.07) is 9.17. The molecule has 8 heteroatoms. The van der Waals surface area contributed by atoms with Crippen LogP contribution in [0.5, 0.6) is 0 Å². The summed E-state index contributed by atoms with van der Waals surface area (Å²) in [6.07, 6.45) is 3.59. The van der Waals surface area contributed by atoms with Gasteiger partial charge in [0.25, 0.3) is 5.91 Å². The van der Waals surface area contributed by atoms with Crippen LogP contribution in [0.25, 0.3) is 10.9 Å². The number of methoxy groups -OCH3 is 1. The Morgan fingerprint density at radius 2 is 2.04 bits per heavy atom. The maximum Gasteiger partial charge on any atom is 0.276 e. The Kier molecular flexibility index (Phi) is 5.33. The number of ether oxygens (including phenoxy) is 1. The van der Waals surface area contributed by atoms with E-state index in [1.165, 1.54) is 0 Å². The summed E-state index contributed by atoms with van der Waals surface area (Å²) in [5.41, 5.74) is 1.85. The molecule has 2 amide bonds. The summed E-state index contributed by atoms with van der Waals surface area (Å²) < 4.78 is 8.50. The molecule has 0 saturated heterocycles. The molecule has 0 aliphatic carbocycles. The van der Waals surface area contributed by atoms with Crippen molar-refractivity contribution in [2.24, 2.45) is 0 Å². The molecule has 0 unspecified atom stereocenters. The van der Waals surface area contributed by atoms with Crippen LogP contribution in [0.4, 0.5) is 5.69 Å². The first kappa shape index (κ1) is 17.7. The number of benzene rings is 1. The molecule has 0 spiro atoms. The lowest BCUT2D eigenvalue weighted by Gasteiger charge is -2.07. The first-order valence-corrected chi connectivity index (χ1v) is 8.24. The van der Waals surface area contributed by atoms with Crippen LogP contribution >= 0.6 is 0 Å². The third-order valence-electron chi connectivity index (χ3n) is 4.02. The van der Waals surface area contributed by atoms with Gasteiger partial charge in [0.1, 0.15) is 6.54 Å².